The van der Waals surface area contributed by atoms with E-state index >= 15 is 0 Å². The number of halogens is 2. The Bertz CT molecular complexity index is 1500. The van der Waals surface area contributed by atoms with E-state index in [1.807, 2.05) is 76.2 Å². The molecule has 0 aromatic heterocycles. The number of amides is 2. The van der Waals surface area contributed by atoms with Gasteiger partial charge >= 0.3 is 0 Å². The van der Waals surface area contributed by atoms with E-state index in [4.69, 9.17) is 23.2 Å². The van der Waals surface area contributed by atoms with Crippen molar-refractivity contribution >= 4 is 50.7 Å². The molecule has 7 nitrogen and oxygen atoms in total. The minimum Gasteiger partial charge on any atom is -0.352 e. The van der Waals surface area contributed by atoms with Gasteiger partial charge < -0.3 is 10.2 Å². The molecule has 226 valence electrons. The maximum Gasteiger partial charge on any atom is 0.243 e. The smallest absolute Gasteiger partial charge is 0.243 e. The van der Waals surface area contributed by atoms with Crippen molar-refractivity contribution in [1.29, 1.82) is 0 Å². The number of nitrogens with zero attached hydrogens (tertiary/aromatic N) is 2. The second kappa shape index (κ2) is 14.9. The Morgan fingerprint density at radius 3 is 2.26 bits per heavy atom. The number of hydrogen-bond acceptors (Lipinski definition) is 4. The average molecular weight is 633 g/mol. The van der Waals surface area contributed by atoms with Crippen LogP contribution >= 0.6 is 23.2 Å². The number of rotatable bonds is 13. The van der Waals surface area contributed by atoms with E-state index in [1.54, 1.807) is 23.1 Å². The Morgan fingerprint density at radius 1 is 0.952 bits per heavy atom. The monoisotopic (exact) mass is 631 g/mol. The van der Waals surface area contributed by atoms with Crippen LogP contribution in [-0.2, 0) is 32.6 Å². The number of aryl methyl sites for hydroxylation is 2. The number of carbonyl (C=O) groups is 2. The van der Waals surface area contributed by atoms with E-state index in [1.165, 1.54) is 4.31 Å². The minimum atomic E-state index is -3.60. The van der Waals surface area contributed by atoms with Crippen molar-refractivity contribution in [3.8, 4) is 0 Å². The third-order valence-electron chi connectivity index (χ3n) is 6.84. The first-order valence-electron chi connectivity index (χ1n) is 13.9. The fraction of sp³-hybridized carbons (Fsp3) is 0.375. The molecular formula is C32H39Cl2N3O4S. The van der Waals surface area contributed by atoms with Crippen LogP contribution in [0.3, 0.4) is 0 Å². The zero-order valence-electron chi connectivity index (χ0n) is 24.7. The van der Waals surface area contributed by atoms with E-state index in [9.17, 15) is 18.0 Å². The molecule has 1 atom stereocenters. The molecule has 0 radical (unpaired) electrons. The van der Waals surface area contributed by atoms with Crippen molar-refractivity contribution in [2.75, 3.05) is 17.1 Å². The summed E-state index contributed by atoms with van der Waals surface area (Å²) in [4.78, 5) is 29.0. The molecule has 1 N–H and O–H groups in total. The molecule has 3 aromatic rings. The van der Waals surface area contributed by atoms with Gasteiger partial charge in [-0.2, -0.15) is 0 Å². The first kappa shape index (κ1) is 33.4. The first-order chi connectivity index (χ1) is 19.8. The van der Waals surface area contributed by atoms with Gasteiger partial charge in [0.15, 0.2) is 0 Å². The van der Waals surface area contributed by atoms with Gasteiger partial charge in [-0.25, -0.2) is 8.42 Å². The normalized spacial score (nSPS) is 12.2. The van der Waals surface area contributed by atoms with Crippen LogP contribution in [0.4, 0.5) is 5.69 Å². The second-order valence-electron chi connectivity index (χ2n) is 10.9. The summed E-state index contributed by atoms with van der Waals surface area (Å²) in [6.45, 7) is 7.70. The molecule has 42 heavy (non-hydrogen) atoms. The second-order valence-corrected chi connectivity index (χ2v) is 13.6. The summed E-state index contributed by atoms with van der Waals surface area (Å²) < 4.78 is 26.9. The first-order valence-corrected chi connectivity index (χ1v) is 16.5. The van der Waals surface area contributed by atoms with Gasteiger partial charge in [0, 0.05) is 42.0 Å². The van der Waals surface area contributed by atoms with Gasteiger partial charge in [0.05, 0.1) is 11.9 Å². The molecule has 0 fully saturated rings. The summed E-state index contributed by atoms with van der Waals surface area (Å²) in [5.41, 5.74) is 3.90. The third kappa shape index (κ3) is 9.48. The highest BCUT2D eigenvalue weighted by Crippen LogP contribution is 2.26. The molecule has 0 aliphatic rings. The summed E-state index contributed by atoms with van der Waals surface area (Å²) >= 11 is 12.6. The van der Waals surface area contributed by atoms with Crippen LogP contribution in [0.1, 0.15) is 48.9 Å². The van der Waals surface area contributed by atoms with Crippen LogP contribution in [0.5, 0.6) is 0 Å². The van der Waals surface area contributed by atoms with Crippen molar-refractivity contribution < 1.29 is 18.0 Å². The predicted molar refractivity (Wildman–Crippen MR) is 172 cm³/mol. The number of nitrogens with one attached hydrogen (secondary N) is 1. The summed E-state index contributed by atoms with van der Waals surface area (Å²) in [5, 5.41) is 3.82. The fourth-order valence-electron chi connectivity index (χ4n) is 4.74. The summed E-state index contributed by atoms with van der Waals surface area (Å²) in [6.07, 6.45) is 1.75. The van der Waals surface area contributed by atoms with Crippen LogP contribution in [-0.4, -0.2) is 50.0 Å². The Balaban J connectivity index is 1.93. The lowest BCUT2D eigenvalue weighted by molar-refractivity contribution is -0.141. The van der Waals surface area contributed by atoms with Crippen LogP contribution in [0.15, 0.2) is 66.7 Å². The topological polar surface area (TPSA) is 86.8 Å². The molecule has 3 rings (SSSR count). The zero-order valence-corrected chi connectivity index (χ0v) is 27.1. The Labute approximate surface area is 259 Å². The van der Waals surface area contributed by atoms with Gasteiger partial charge in [0.1, 0.15) is 6.04 Å². The number of carbonyl (C=O) groups excluding carboxylic acids is 2. The van der Waals surface area contributed by atoms with Crippen LogP contribution < -0.4 is 9.62 Å². The molecule has 0 unspecified atom stereocenters. The number of anilines is 1. The summed E-state index contributed by atoms with van der Waals surface area (Å²) in [6, 6.07) is 19.3. The van der Waals surface area contributed by atoms with Crippen molar-refractivity contribution in [3.63, 3.8) is 0 Å². The molecule has 0 bridgehead atoms. The standard InChI is InChI=1S/C32H39Cl2N3O4S/c1-22(2)35-32(39)30(19-25-10-7-6-8-11-25)36(21-26-15-16-27(33)20-28(26)34)31(38)12-9-17-37(42(5,40)41)29-18-23(3)13-14-24(29)4/h6-8,10-11,13-16,18,20,22,30H,9,12,17,19,21H2,1-5H3,(H,35,39)/t30-/m1/s1. The summed E-state index contributed by atoms with van der Waals surface area (Å²) in [7, 11) is -3.60. The molecule has 10 heteroatoms. The Hall–Kier alpha value is -3.07. The van der Waals surface area contributed by atoms with Gasteiger partial charge in [-0.15, -0.1) is 0 Å². The quantitative estimate of drug-likeness (QED) is 0.239. The van der Waals surface area contributed by atoms with E-state index in [0.29, 0.717) is 27.7 Å². The van der Waals surface area contributed by atoms with Gasteiger partial charge in [-0.1, -0.05) is 71.7 Å². The van der Waals surface area contributed by atoms with Crippen molar-refractivity contribution in [2.45, 2.75) is 65.6 Å². The maximum atomic E-state index is 13.9. The van der Waals surface area contributed by atoms with Crippen molar-refractivity contribution in [1.82, 2.24) is 10.2 Å². The van der Waals surface area contributed by atoms with Crippen LogP contribution in [0, 0.1) is 13.8 Å². The molecule has 0 aliphatic heterocycles. The number of hydrogen-bond donors (Lipinski definition) is 1. The number of sulfonamides is 1. The Kier molecular flexibility index (Phi) is 11.9. The largest absolute Gasteiger partial charge is 0.352 e. The highest BCUT2D eigenvalue weighted by molar-refractivity contribution is 7.92. The summed E-state index contributed by atoms with van der Waals surface area (Å²) in [5.74, 6) is -0.560. The predicted octanol–water partition coefficient (Wildman–Crippen LogP) is 6.32. The highest BCUT2D eigenvalue weighted by atomic mass is 35.5. The molecule has 0 spiro atoms. The van der Waals surface area contributed by atoms with E-state index in [2.05, 4.69) is 5.32 Å². The fourth-order valence-corrected chi connectivity index (χ4v) is 6.22. The van der Waals surface area contributed by atoms with E-state index < -0.39 is 16.1 Å². The molecule has 0 aliphatic carbocycles. The van der Waals surface area contributed by atoms with Gasteiger partial charge in [-0.05, 0) is 74.6 Å². The molecule has 0 saturated heterocycles. The van der Waals surface area contributed by atoms with Gasteiger partial charge in [0.2, 0.25) is 21.8 Å². The lowest BCUT2D eigenvalue weighted by Crippen LogP contribution is -2.51. The Morgan fingerprint density at radius 2 is 1.64 bits per heavy atom. The van der Waals surface area contributed by atoms with Crippen LogP contribution in [0.2, 0.25) is 10.0 Å². The van der Waals surface area contributed by atoms with E-state index in [-0.39, 0.29) is 43.8 Å². The van der Waals surface area contributed by atoms with E-state index in [0.717, 1.165) is 22.9 Å². The highest BCUT2D eigenvalue weighted by Gasteiger charge is 2.31. The zero-order chi connectivity index (χ0) is 31.0. The molecular weight excluding hydrogens is 593 g/mol. The molecule has 0 saturated carbocycles. The van der Waals surface area contributed by atoms with Gasteiger partial charge in [0.25, 0.3) is 0 Å². The van der Waals surface area contributed by atoms with Crippen LogP contribution in [0.25, 0.3) is 0 Å². The average Bonchev–Trinajstić information content (AvgIpc) is 2.90. The minimum absolute atomic E-state index is 0.0301. The van der Waals surface area contributed by atoms with Crippen molar-refractivity contribution in [2.24, 2.45) is 0 Å². The van der Waals surface area contributed by atoms with Gasteiger partial charge in [-0.3, -0.25) is 13.9 Å². The maximum absolute atomic E-state index is 13.9. The molecule has 0 heterocycles. The SMILES string of the molecule is Cc1ccc(C)c(N(CCCC(=O)N(Cc2ccc(Cl)cc2Cl)[C@H](Cc2ccccc2)C(=O)NC(C)C)S(C)(=O)=O)c1. The third-order valence-corrected chi connectivity index (χ3v) is 8.61. The van der Waals surface area contributed by atoms with Crippen molar-refractivity contribution in [3.05, 3.63) is 99.0 Å². The lowest BCUT2D eigenvalue weighted by Gasteiger charge is -2.33. The molecule has 2 amide bonds. The lowest BCUT2D eigenvalue weighted by atomic mass is 10.0. The molecule has 3 aromatic carbocycles. The number of benzene rings is 3.